The van der Waals surface area contributed by atoms with Crippen LogP contribution in [0.2, 0.25) is 0 Å². The van der Waals surface area contributed by atoms with Gasteiger partial charge in [0.15, 0.2) is 0 Å². The van der Waals surface area contributed by atoms with Crippen molar-refractivity contribution in [2.24, 2.45) is 5.92 Å². The number of rotatable bonds is 9. The van der Waals surface area contributed by atoms with Crippen LogP contribution in [0.5, 0.6) is 5.75 Å². The lowest BCUT2D eigenvalue weighted by Gasteiger charge is -2.24. The van der Waals surface area contributed by atoms with E-state index in [1.54, 1.807) is 0 Å². The molecule has 2 N–H and O–H groups in total. The van der Waals surface area contributed by atoms with E-state index in [2.05, 4.69) is 45.1 Å². The van der Waals surface area contributed by atoms with Gasteiger partial charge in [-0.2, -0.15) is 0 Å². The quantitative estimate of drug-likeness (QED) is 0.659. The standard InChI is InChI=1S/C23H37NO2/c1-15(2)21-11-16(3)12-22(17(4)18-9-10-18)23(21)26-14-20(25)13-24-19-7-5-6-8-19/h11-12,15,17-20,24-25H,5-10,13-14H2,1-4H3. The lowest BCUT2D eigenvalue weighted by atomic mass is 9.88. The fourth-order valence-corrected chi connectivity index (χ4v) is 4.28. The van der Waals surface area contributed by atoms with Crippen LogP contribution in [0.1, 0.15) is 87.8 Å². The van der Waals surface area contributed by atoms with Crippen molar-refractivity contribution in [2.45, 2.75) is 90.2 Å². The van der Waals surface area contributed by atoms with Crippen LogP contribution in [0.4, 0.5) is 0 Å². The first-order valence-electron chi connectivity index (χ1n) is 10.6. The first-order chi connectivity index (χ1) is 12.5. The Bertz CT molecular complexity index is 588. The average molecular weight is 360 g/mol. The third kappa shape index (κ3) is 5.01. The lowest BCUT2D eigenvalue weighted by Crippen LogP contribution is -2.36. The fourth-order valence-electron chi connectivity index (χ4n) is 4.28. The van der Waals surface area contributed by atoms with E-state index in [-0.39, 0.29) is 0 Å². The molecule has 146 valence electrons. The largest absolute Gasteiger partial charge is 0.490 e. The van der Waals surface area contributed by atoms with Gasteiger partial charge in [0.25, 0.3) is 0 Å². The van der Waals surface area contributed by atoms with E-state index in [1.165, 1.54) is 55.2 Å². The van der Waals surface area contributed by atoms with Crippen LogP contribution in [-0.4, -0.2) is 30.4 Å². The van der Waals surface area contributed by atoms with Crippen LogP contribution in [0.3, 0.4) is 0 Å². The Balaban J connectivity index is 1.68. The van der Waals surface area contributed by atoms with E-state index in [0.29, 0.717) is 31.0 Å². The number of aliphatic hydroxyl groups excluding tert-OH is 1. The molecule has 26 heavy (non-hydrogen) atoms. The summed E-state index contributed by atoms with van der Waals surface area (Å²) in [6.07, 6.45) is 7.32. The highest BCUT2D eigenvalue weighted by molar-refractivity contribution is 5.48. The first kappa shape index (κ1) is 19.7. The van der Waals surface area contributed by atoms with E-state index in [1.807, 2.05) is 0 Å². The van der Waals surface area contributed by atoms with E-state index in [0.717, 1.165) is 11.7 Å². The Labute approximate surface area is 159 Å². The van der Waals surface area contributed by atoms with Crippen molar-refractivity contribution in [1.82, 2.24) is 5.32 Å². The van der Waals surface area contributed by atoms with Gasteiger partial charge in [-0.1, -0.05) is 51.3 Å². The summed E-state index contributed by atoms with van der Waals surface area (Å²) < 4.78 is 6.27. The van der Waals surface area contributed by atoms with Gasteiger partial charge in [0, 0.05) is 12.6 Å². The zero-order valence-electron chi connectivity index (χ0n) is 17.1. The summed E-state index contributed by atoms with van der Waals surface area (Å²) in [4.78, 5) is 0. The van der Waals surface area contributed by atoms with Crippen molar-refractivity contribution >= 4 is 0 Å². The Hall–Kier alpha value is -1.06. The lowest BCUT2D eigenvalue weighted by molar-refractivity contribution is 0.102. The number of benzene rings is 1. The zero-order valence-corrected chi connectivity index (χ0v) is 17.1. The van der Waals surface area contributed by atoms with Gasteiger partial charge in [-0.05, 0) is 61.5 Å². The highest BCUT2D eigenvalue weighted by Crippen LogP contribution is 2.46. The van der Waals surface area contributed by atoms with E-state index in [4.69, 9.17) is 4.74 Å². The third-order valence-electron chi connectivity index (χ3n) is 6.15. The Morgan fingerprint density at radius 3 is 2.35 bits per heavy atom. The molecule has 0 heterocycles. The summed E-state index contributed by atoms with van der Waals surface area (Å²) in [7, 11) is 0. The molecule has 0 aliphatic heterocycles. The highest BCUT2D eigenvalue weighted by atomic mass is 16.5. The number of aryl methyl sites for hydroxylation is 1. The predicted molar refractivity (Wildman–Crippen MR) is 108 cm³/mol. The van der Waals surface area contributed by atoms with Gasteiger partial charge < -0.3 is 15.2 Å². The zero-order chi connectivity index (χ0) is 18.7. The van der Waals surface area contributed by atoms with Crippen molar-refractivity contribution in [1.29, 1.82) is 0 Å². The summed E-state index contributed by atoms with van der Waals surface area (Å²) in [5.74, 6) is 2.79. The van der Waals surface area contributed by atoms with Crippen molar-refractivity contribution in [2.75, 3.05) is 13.2 Å². The van der Waals surface area contributed by atoms with Crippen molar-refractivity contribution in [3.8, 4) is 5.75 Å². The number of ether oxygens (including phenoxy) is 1. The minimum atomic E-state index is -0.457. The molecule has 2 saturated carbocycles. The number of nitrogens with one attached hydrogen (secondary N) is 1. The van der Waals surface area contributed by atoms with Gasteiger partial charge in [0.1, 0.15) is 18.5 Å². The average Bonchev–Trinajstić information content (AvgIpc) is 3.33. The van der Waals surface area contributed by atoms with Gasteiger partial charge in [-0.15, -0.1) is 0 Å². The molecule has 2 aliphatic rings. The summed E-state index contributed by atoms with van der Waals surface area (Å²) in [5.41, 5.74) is 3.93. The molecule has 1 aromatic carbocycles. The van der Waals surface area contributed by atoms with Gasteiger partial charge >= 0.3 is 0 Å². The Kier molecular flexibility index (Phi) is 6.63. The van der Waals surface area contributed by atoms with Crippen molar-refractivity contribution in [3.63, 3.8) is 0 Å². The van der Waals surface area contributed by atoms with Gasteiger partial charge in [-0.3, -0.25) is 0 Å². The summed E-state index contributed by atoms with van der Waals surface area (Å²) in [5, 5.41) is 13.9. The van der Waals surface area contributed by atoms with E-state index < -0.39 is 6.10 Å². The van der Waals surface area contributed by atoms with Crippen LogP contribution >= 0.6 is 0 Å². The molecule has 0 bridgehead atoms. The van der Waals surface area contributed by atoms with Crippen molar-refractivity contribution in [3.05, 3.63) is 28.8 Å². The van der Waals surface area contributed by atoms with E-state index in [9.17, 15) is 5.11 Å². The molecule has 2 fully saturated rings. The predicted octanol–water partition coefficient (Wildman–Crippen LogP) is 4.90. The molecule has 0 amide bonds. The molecule has 2 unspecified atom stereocenters. The van der Waals surface area contributed by atoms with E-state index >= 15 is 0 Å². The van der Waals surface area contributed by atoms with Gasteiger partial charge in [0.2, 0.25) is 0 Å². The van der Waals surface area contributed by atoms with Crippen LogP contribution in [0.15, 0.2) is 12.1 Å². The van der Waals surface area contributed by atoms with Crippen LogP contribution in [-0.2, 0) is 0 Å². The molecule has 0 aromatic heterocycles. The molecule has 2 aliphatic carbocycles. The Morgan fingerprint density at radius 1 is 1.08 bits per heavy atom. The molecular formula is C23H37NO2. The van der Waals surface area contributed by atoms with Gasteiger partial charge in [-0.25, -0.2) is 0 Å². The van der Waals surface area contributed by atoms with Crippen LogP contribution in [0, 0.1) is 12.8 Å². The molecule has 1 aromatic rings. The maximum atomic E-state index is 10.4. The SMILES string of the molecule is Cc1cc(C(C)C)c(OCC(O)CNC2CCCC2)c(C(C)C2CC2)c1. The molecule has 3 nitrogen and oxygen atoms in total. The minimum absolute atomic E-state index is 0.368. The fraction of sp³-hybridized carbons (Fsp3) is 0.739. The molecule has 0 spiro atoms. The minimum Gasteiger partial charge on any atom is -0.490 e. The maximum absolute atomic E-state index is 10.4. The monoisotopic (exact) mass is 359 g/mol. The Morgan fingerprint density at radius 2 is 1.73 bits per heavy atom. The molecule has 2 atom stereocenters. The summed E-state index contributed by atoms with van der Waals surface area (Å²) in [6.45, 7) is 9.96. The highest BCUT2D eigenvalue weighted by Gasteiger charge is 2.32. The number of hydrogen-bond donors (Lipinski definition) is 2. The second-order valence-corrected chi connectivity index (χ2v) is 8.91. The molecule has 3 rings (SSSR count). The maximum Gasteiger partial charge on any atom is 0.126 e. The van der Waals surface area contributed by atoms with Gasteiger partial charge in [0.05, 0.1) is 0 Å². The van der Waals surface area contributed by atoms with Crippen LogP contribution in [0.25, 0.3) is 0 Å². The second-order valence-electron chi connectivity index (χ2n) is 8.91. The summed E-state index contributed by atoms with van der Waals surface area (Å²) in [6, 6.07) is 5.14. The normalized spacial score (nSPS) is 20.5. The second kappa shape index (κ2) is 8.75. The third-order valence-corrected chi connectivity index (χ3v) is 6.15. The molecular weight excluding hydrogens is 322 g/mol. The topological polar surface area (TPSA) is 41.5 Å². The summed E-state index contributed by atoms with van der Waals surface area (Å²) >= 11 is 0. The number of aliphatic hydroxyl groups is 1. The number of hydrogen-bond acceptors (Lipinski definition) is 3. The first-order valence-corrected chi connectivity index (χ1v) is 10.6. The van der Waals surface area contributed by atoms with Crippen LogP contribution < -0.4 is 10.1 Å². The molecule has 3 heteroatoms. The van der Waals surface area contributed by atoms with Crippen molar-refractivity contribution < 1.29 is 9.84 Å². The smallest absolute Gasteiger partial charge is 0.126 e. The molecule has 0 saturated heterocycles. The molecule has 0 radical (unpaired) electrons.